The Labute approximate surface area is 218 Å². The summed E-state index contributed by atoms with van der Waals surface area (Å²) in [6.45, 7) is 2.85. The second-order valence-electron chi connectivity index (χ2n) is 9.67. The Hall–Kier alpha value is -4.20. The van der Waals surface area contributed by atoms with E-state index in [-0.39, 0.29) is 23.7 Å². The minimum atomic E-state index is -0.594. The van der Waals surface area contributed by atoms with Gasteiger partial charge in [-0.2, -0.15) is 0 Å². The molecule has 0 radical (unpaired) electrons. The van der Waals surface area contributed by atoms with Crippen LogP contribution < -0.4 is 25.8 Å². The fourth-order valence-corrected chi connectivity index (χ4v) is 4.34. The van der Waals surface area contributed by atoms with Gasteiger partial charge in [0.1, 0.15) is 11.8 Å². The first kappa shape index (κ1) is 25.9. The van der Waals surface area contributed by atoms with Crippen LogP contribution in [0, 0.1) is 0 Å². The number of benzene rings is 3. The third-order valence-electron chi connectivity index (χ3n) is 6.52. The highest BCUT2D eigenvalue weighted by Gasteiger charge is 2.34. The number of rotatable bonds is 10. The Morgan fingerprint density at radius 1 is 1.08 bits per heavy atom. The molecule has 0 aromatic heterocycles. The maximum Gasteiger partial charge on any atom is 0.322 e. The molecule has 194 valence electrons. The van der Waals surface area contributed by atoms with Crippen LogP contribution in [0.2, 0.25) is 0 Å². The molecule has 4 rings (SSSR count). The molecule has 0 aliphatic carbocycles. The molecule has 2 atom stereocenters. The van der Waals surface area contributed by atoms with E-state index in [4.69, 9.17) is 0 Å². The quantitative estimate of drug-likeness (QED) is 0.314. The largest absolute Gasteiger partial charge is 0.506 e. The SMILES string of the molecule is C[C@@H](CCc1ccc(NCc2cccc(N(C)C)c2)c(O)c1)NC(=O)[C@@H]1CN(c2ccccc2)C(=O)N1. The maximum atomic E-state index is 12.7. The zero-order chi connectivity index (χ0) is 26.4. The van der Waals surface area contributed by atoms with Gasteiger partial charge in [0.25, 0.3) is 0 Å². The van der Waals surface area contributed by atoms with Gasteiger partial charge in [-0.3, -0.25) is 9.69 Å². The highest BCUT2D eigenvalue weighted by atomic mass is 16.3. The van der Waals surface area contributed by atoms with Crippen molar-refractivity contribution < 1.29 is 14.7 Å². The van der Waals surface area contributed by atoms with Gasteiger partial charge in [-0.15, -0.1) is 0 Å². The number of carbonyl (C=O) groups excluding carboxylic acids is 2. The molecule has 1 heterocycles. The predicted octanol–water partition coefficient (Wildman–Crippen LogP) is 4.11. The first-order chi connectivity index (χ1) is 17.8. The van der Waals surface area contributed by atoms with E-state index in [0.717, 1.165) is 22.5 Å². The van der Waals surface area contributed by atoms with Crippen LogP contribution in [-0.4, -0.2) is 49.8 Å². The number of nitrogens with zero attached hydrogens (tertiary/aromatic N) is 2. The van der Waals surface area contributed by atoms with Crippen LogP contribution >= 0.6 is 0 Å². The van der Waals surface area contributed by atoms with Crippen molar-refractivity contribution in [1.29, 1.82) is 0 Å². The monoisotopic (exact) mass is 501 g/mol. The number of phenols is 1. The molecular formula is C29H35N5O3. The number of aryl methyl sites for hydroxylation is 1. The van der Waals surface area contributed by atoms with Crippen molar-refractivity contribution in [3.05, 3.63) is 83.9 Å². The lowest BCUT2D eigenvalue weighted by atomic mass is 10.0. The van der Waals surface area contributed by atoms with Crippen LogP contribution in [0.1, 0.15) is 24.5 Å². The van der Waals surface area contributed by atoms with Crippen molar-refractivity contribution in [3.63, 3.8) is 0 Å². The Kier molecular flexibility index (Phi) is 8.18. The van der Waals surface area contributed by atoms with Crippen molar-refractivity contribution in [2.24, 2.45) is 0 Å². The zero-order valence-electron chi connectivity index (χ0n) is 21.6. The molecule has 8 heteroatoms. The second kappa shape index (κ2) is 11.7. The van der Waals surface area contributed by atoms with Gasteiger partial charge in [0.2, 0.25) is 5.91 Å². The minimum Gasteiger partial charge on any atom is -0.506 e. The van der Waals surface area contributed by atoms with Crippen LogP contribution in [0.5, 0.6) is 5.75 Å². The average Bonchev–Trinajstić information content (AvgIpc) is 3.29. The third kappa shape index (κ3) is 6.73. The molecule has 3 aromatic carbocycles. The molecule has 3 aromatic rings. The van der Waals surface area contributed by atoms with Gasteiger partial charge in [-0.05, 0) is 67.3 Å². The summed E-state index contributed by atoms with van der Waals surface area (Å²) in [5.74, 6) is 0.00707. The summed E-state index contributed by atoms with van der Waals surface area (Å²) in [4.78, 5) is 28.7. The number of para-hydroxylation sites is 1. The number of anilines is 3. The molecule has 1 aliphatic rings. The van der Waals surface area contributed by atoms with E-state index in [2.05, 4.69) is 39.0 Å². The van der Waals surface area contributed by atoms with Gasteiger partial charge in [-0.25, -0.2) is 4.79 Å². The van der Waals surface area contributed by atoms with Gasteiger partial charge in [0, 0.05) is 38.1 Å². The number of hydrogen-bond acceptors (Lipinski definition) is 5. The molecule has 37 heavy (non-hydrogen) atoms. The Balaban J connectivity index is 1.25. The molecule has 0 spiro atoms. The number of carbonyl (C=O) groups is 2. The van der Waals surface area contributed by atoms with Crippen LogP contribution in [0.3, 0.4) is 0 Å². The average molecular weight is 502 g/mol. The summed E-state index contributed by atoms with van der Waals surface area (Å²) in [6.07, 6.45) is 1.41. The van der Waals surface area contributed by atoms with Gasteiger partial charge in [0.05, 0.1) is 12.2 Å². The van der Waals surface area contributed by atoms with Crippen LogP contribution in [0.25, 0.3) is 0 Å². The molecule has 0 bridgehead atoms. The lowest BCUT2D eigenvalue weighted by molar-refractivity contribution is -0.123. The number of phenolic OH excluding ortho intramolecular Hbond substituents is 1. The highest BCUT2D eigenvalue weighted by molar-refractivity contribution is 6.00. The summed E-state index contributed by atoms with van der Waals surface area (Å²) in [5, 5.41) is 19.6. The van der Waals surface area contributed by atoms with Crippen molar-refractivity contribution in [2.45, 2.75) is 38.4 Å². The van der Waals surface area contributed by atoms with E-state index < -0.39 is 6.04 Å². The summed E-state index contributed by atoms with van der Waals surface area (Å²) in [6, 6.07) is 22.3. The van der Waals surface area contributed by atoms with Gasteiger partial charge in [0.15, 0.2) is 0 Å². The predicted molar refractivity (Wildman–Crippen MR) is 148 cm³/mol. The van der Waals surface area contributed by atoms with E-state index >= 15 is 0 Å². The Bertz CT molecular complexity index is 1230. The number of nitrogens with one attached hydrogen (secondary N) is 3. The first-order valence-corrected chi connectivity index (χ1v) is 12.6. The topological polar surface area (TPSA) is 96.9 Å². The summed E-state index contributed by atoms with van der Waals surface area (Å²) in [7, 11) is 4.02. The molecule has 1 saturated heterocycles. The number of urea groups is 1. The fraction of sp³-hybridized carbons (Fsp3) is 0.310. The van der Waals surface area contributed by atoms with Gasteiger partial charge in [-0.1, -0.05) is 36.4 Å². The van der Waals surface area contributed by atoms with Crippen LogP contribution in [-0.2, 0) is 17.8 Å². The normalized spacial score (nSPS) is 15.7. The molecule has 8 nitrogen and oxygen atoms in total. The molecule has 3 amide bonds. The standard InChI is InChI=1S/C29H35N5O3/c1-20(31-28(36)26-19-34(29(37)32-26)23-9-5-4-6-10-23)12-13-21-14-15-25(27(35)17-21)30-18-22-8-7-11-24(16-22)33(2)3/h4-11,14-17,20,26,30,35H,12-13,18-19H2,1-3H3,(H,31,36)(H,32,37)/t20-,26-/m0/s1. The van der Waals surface area contributed by atoms with Crippen molar-refractivity contribution in [2.75, 3.05) is 35.8 Å². The first-order valence-electron chi connectivity index (χ1n) is 12.6. The fourth-order valence-electron chi connectivity index (χ4n) is 4.34. The highest BCUT2D eigenvalue weighted by Crippen LogP contribution is 2.26. The molecule has 0 unspecified atom stereocenters. The van der Waals surface area contributed by atoms with E-state index in [0.29, 0.717) is 31.6 Å². The second-order valence-corrected chi connectivity index (χ2v) is 9.67. The van der Waals surface area contributed by atoms with Gasteiger partial charge >= 0.3 is 6.03 Å². The van der Waals surface area contributed by atoms with E-state index in [9.17, 15) is 14.7 Å². The zero-order valence-corrected chi connectivity index (χ0v) is 21.6. The smallest absolute Gasteiger partial charge is 0.322 e. The van der Waals surface area contributed by atoms with E-state index in [1.165, 1.54) is 0 Å². The van der Waals surface area contributed by atoms with E-state index in [1.54, 1.807) is 11.0 Å². The lowest BCUT2D eigenvalue weighted by Crippen LogP contribution is -2.46. The van der Waals surface area contributed by atoms with Gasteiger partial charge < -0.3 is 26.0 Å². The lowest BCUT2D eigenvalue weighted by Gasteiger charge is -2.18. The number of amides is 3. The summed E-state index contributed by atoms with van der Waals surface area (Å²) < 4.78 is 0. The maximum absolute atomic E-state index is 12.7. The summed E-state index contributed by atoms with van der Waals surface area (Å²) in [5.41, 5.74) is 4.69. The van der Waals surface area contributed by atoms with Crippen molar-refractivity contribution >= 4 is 29.0 Å². The van der Waals surface area contributed by atoms with Crippen molar-refractivity contribution in [3.8, 4) is 5.75 Å². The third-order valence-corrected chi connectivity index (χ3v) is 6.52. The van der Waals surface area contributed by atoms with E-state index in [1.807, 2.05) is 69.6 Å². The molecule has 1 aliphatic heterocycles. The Morgan fingerprint density at radius 3 is 2.59 bits per heavy atom. The van der Waals surface area contributed by atoms with Crippen molar-refractivity contribution in [1.82, 2.24) is 10.6 Å². The minimum absolute atomic E-state index is 0.0842. The summed E-state index contributed by atoms with van der Waals surface area (Å²) >= 11 is 0. The Morgan fingerprint density at radius 2 is 1.86 bits per heavy atom. The molecule has 1 fully saturated rings. The van der Waals surface area contributed by atoms with Crippen LogP contribution in [0.4, 0.5) is 21.9 Å². The van der Waals surface area contributed by atoms with Crippen LogP contribution in [0.15, 0.2) is 72.8 Å². The number of aromatic hydroxyl groups is 1. The molecular weight excluding hydrogens is 466 g/mol. The number of hydrogen-bond donors (Lipinski definition) is 4. The molecule has 4 N–H and O–H groups in total. The molecule has 0 saturated carbocycles.